The summed E-state index contributed by atoms with van der Waals surface area (Å²) in [6.07, 6.45) is -18.4. The second kappa shape index (κ2) is 51.2. The zero-order valence-electron chi connectivity index (χ0n) is 77.9. The van der Waals surface area contributed by atoms with E-state index < -0.39 is 255 Å². The van der Waals surface area contributed by atoms with E-state index in [-0.39, 0.29) is 121 Å². The molecule has 50 heteroatoms. The highest BCUT2D eigenvalue weighted by atomic mass is 16.8. The van der Waals surface area contributed by atoms with Gasteiger partial charge < -0.3 is 158 Å². The lowest BCUT2D eigenvalue weighted by Crippen LogP contribution is -2.68. The Morgan fingerprint density at radius 2 is 0.835 bits per heavy atom. The van der Waals surface area contributed by atoms with Gasteiger partial charge >= 0.3 is 11.4 Å². The van der Waals surface area contributed by atoms with Crippen molar-refractivity contribution in [3.8, 4) is 0 Å². The molecule has 5 aliphatic carbocycles. The summed E-state index contributed by atoms with van der Waals surface area (Å²) in [6.45, 7) is 2.71. The number of amides is 5. The van der Waals surface area contributed by atoms with Gasteiger partial charge in [0.05, 0.1) is 128 Å². The number of H-pyrrole nitrogens is 4. The van der Waals surface area contributed by atoms with Crippen LogP contribution in [0.5, 0.6) is 0 Å². The molecule has 0 spiro atoms. The molecule has 50 nitrogen and oxygen atoms in total. The number of ether oxygens (including phenoxy) is 15. The topological polar surface area (TPSA) is 687 Å². The van der Waals surface area contributed by atoms with Crippen LogP contribution in [0.3, 0.4) is 0 Å². The molecule has 0 aromatic carbocycles. The number of aliphatic hydroxyl groups is 10. The smallest absolute Gasteiger partial charge is 0.326 e. The molecular weight excluding hydrogens is 1840 g/mol. The first-order chi connectivity index (χ1) is 67.0. The van der Waals surface area contributed by atoms with Crippen LogP contribution in [0.25, 0.3) is 0 Å². The van der Waals surface area contributed by atoms with Gasteiger partial charge in [0, 0.05) is 31.1 Å². The minimum Gasteiger partial charge on any atom is -0.394 e. The molecule has 9 heterocycles. The van der Waals surface area contributed by atoms with Gasteiger partial charge in [-0.1, -0.05) is 81.1 Å². The average Bonchev–Trinajstić information content (AvgIpc) is 1.41. The number of aromatic amines is 4. The number of aromatic nitrogens is 10. The van der Waals surface area contributed by atoms with Gasteiger partial charge in [0.25, 0.3) is 28.8 Å². The molecule has 5 amide bonds. The van der Waals surface area contributed by atoms with Crippen molar-refractivity contribution in [2.75, 3.05) is 79.2 Å². The highest BCUT2D eigenvalue weighted by molar-refractivity contribution is 5.93. The number of hydrogen-bond donors (Lipinski definition) is 18. The van der Waals surface area contributed by atoms with Crippen LogP contribution >= 0.6 is 0 Å². The number of carbonyl (C=O) groups is 6. The van der Waals surface area contributed by atoms with Gasteiger partial charge in [-0.2, -0.15) is 0 Å². The fraction of sp³-hybridized carbons (Fsp3) is 0.798. The summed E-state index contributed by atoms with van der Waals surface area (Å²) >= 11 is 0. The van der Waals surface area contributed by atoms with Crippen molar-refractivity contribution in [1.82, 2.24) is 76.1 Å². The van der Waals surface area contributed by atoms with Crippen LogP contribution in [0.2, 0.25) is 0 Å². The molecule has 5 aliphatic heterocycles. The number of aliphatic hydroxyl groups excluding tert-OH is 10. The molecule has 18 N–H and O–H groups in total. The van der Waals surface area contributed by atoms with E-state index in [4.69, 9.17) is 71.1 Å². The molecule has 5 saturated heterocycles. The number of ketones is 1. The second-order valence-electron chi connectivity index (χ2n) is 37.7. The Labute approximate surface area is 797 Å². The van der Waals surface area contributed by atoms with E-state index in [0.717, 1.165) is 89.2 Å². The third-order valence-corrected chi connectivity index (χ3v) is 27.6. The first-order valence-electron chi connectivity index (χ1n) is 48.6. The Bertz CT molecular complexity index is 4490. The van der Waals surface area contributed by atoms with E-state index in [2.05, 4.69) is 51.9 Å². The molecule has 776 valence electrons. The first-order valence-corrected chi connectivity index (χ1v) is 48.6. The van der Waals surface area contributed by atoms with E-state index in [0.29, 0.717) is 63.0 Å². The summed E-state index contributed by atoms with van der Waals surface area (Å²) in [7, 11) is 0. The van der Waals surface area contributed by atoms with Crippen LogP contribution in [0.1, 0.15) is 187 Å². The molecule has 0 radical (unpaired) electrons. The Kier molecular flexibility index (Phi) is 39.2. The van der Waals surface area contributed by atoms with Gasteiger partial charge in [0.1, 0.15) is 146 Å². The number of rotatable bonds is 47. The maximum atomic E-state index is 14.6. The molecular formula is C89H135N15O35. The number of carbonyl (C=O) groups excluding carboxylic acids is 6. The Hall–Kier alpha value is -8.34. The van der Waals surface area contributed by atoms with Crippen LogP contribution < -0.4 is 43.8 Å². The van der Waals surface area contributed by atoms with Crippen LogP contribution in [0.15, 0.2) is 43.7 Å². The van der Waals surface area contributed by atoms with Crippen molar-refractivity contribution in [2.45, 2.75) is 353 Å². The lowest BCUT2D eigenvalue weighted by molar-refractivity contribution is -0.334. The van der Waals surface area contributed by atoms with Gasteiger partial charge in [0.15, 0.2) is 30.9 Å². The predicted molar refractivity (Wildman–Crippen MR) is 472 cm³/mol. The SMILES string of the molecule is CC1O[C@@H](O[C@@H]2C(NC(=O)c3cc(=O)[nH]c(=O)[nH]3)CCC[C@H]2O[C@@H]2O[C@@H](CO)[C@H](O)C(O[C@@H](CC3CCCCC3)C(=O)C3CCC3)C2NC(=O)Cn2cc(COCCOCCOCCOCCOCc3cn(CC(=O)NC4C(O[C@@H](CC5CCCCC5)C(=O)N5CCC5)[C@@H](O)[C@H](CO)O[C@H]4O[C@@H]4CCCC(NC(=O)c5cc(=O)[nH]c(=O)[nH]5)[C@H]4O[C@@H]4OC(C)[C@@H](O)[C@H](O)C4O)nn3)nn2)C(O)[C@@H](O)[C@@H]1O. The Balaban J connectivity index is 0.543. The third kappa shape index (κ3) is 28.6. The predicted octanol–water partition coefficient (Wildman–Crippen LogP) is -5.26. The average molecular weight is 1980 g/mol. The summed E-state index contributed by atoms with van der Waals surface area (Å²) in [5.41, 5.74) is -3.78. The van der Waals surface area contributed by atoms with Crippen molar-refractivity contribution >= 4 is 35.3 Å². The van der Waals surface area contributed by atoms with Crippen LogP contribution in [0, 0.1) is 17.8 Å². The number of nitrogens with zero attached hydrogens (tertiary/aromatic N) is 7. The van der Waals surface area contributed by atoms with Crippen molar-refractivity contribution in [2.24, 2.45) is 17.8 Å². The Morgan fingerprint density at radius 3 is 1.22 bits per heavy atom. The number of hydrogen-bond acceptors (Lipinski definition) is 39. The summed E-state index contributed by atoms with van der Waals surface area (Å²) in [5.74, 6) is -3.80. The minimum absolute atomic E-state index is 0.0363. The molecule has 0 bridgehead atoms. The fourth-order valence-corrected chi connectivity index (χ4v) is 19.6. The van der Waals surface area contributed by atoms with Gasteiger partial charge in [-0.3, -0.25) is 48.3 Å². The zero-order chi connectivity index (χ0) is 98.5. The van der Waals surface area contributed by atoms with Gasteiger partial charge in [-0.05, 0) is 96.3 Å². The summed E-state index contributed by atoms with van der Waals surface area (Å²) in [6, 6.07) is -3.31. The van der Waals surface area contributed by atoms with Crippen molar-refractivity contribution in [3.05, 3.63) is 89.0 Å². The lowest BCUT2D eigenvalue weighted by atomic mass is 9.77. The monoisotopic (exact) mass is 1970 g/mol. The maximum absolute atomic E-state index is 14.6. The lowest BCUT2D eigenvalue weighted by Gasteiger charge is -2.49. The van der Waals surface area contributed by atoms with Gasteiger partial charge in [-0.15, -0.1) is 10.2 Å². The maximum Gasteiger partial charge on any atom is 0.326 e. The summed E-state index contributed by atoms with van der Waals surface area (Å²) < 4.78 is 95.8. The number of nitrogens with one attached hydrogen (secondary N) is 8. The van der Waals surface area contributed by atoms with Crippen molar-refractivity contribution in [1.29, 1.82) is 0 Å². The zero-order valence-corrected chi connectivity index (χ0v) is 77.9. The first kappa shape index (κ1) is 106. The van der Waals surface area contributed by atoms with E-state index in [1.165, 1.54) is 35.6 Å². The molecule has 10 unspecified atom stereocenters. The van der Waals surface area contributed by atoms with Crippen LogP contribution in [-0.4, -0.2) is 392 Å². The number of likely N-dealkylation sites (tertiary alicyclic amines) is 1. The standard InChI is InChI=1S/C89H135N15O35/c1-45-68(111)73(116)75(118)86(130-45)138-77-52(90-81(120)54-35-62(107)96-88(123)92-54)19-10-21-56(77)134-84-66(79(71(114)60(41-105)136-84)132-58(70(113)49-17-9-18-49)33-47-13-5-3-6-14-47)94-64(109)39-103-37-50(98-100-103)43-128-31-29-126-27-25-125-26-28-127-30-32-129-44-51-38-104(101-99-51)40-65(110)95-67-80(133-59(83(122)102-23-12-24-102)34-48-15-7-4-8-16-48)72(115)61(42-106)137-85(67)135-57-22-11-20-53(91-82(121)55-36-63(108)97-89(124)93-55)78(57)139-87-76(119)74(117)69(112)46(2)131-87/h35-38,45-49,52-53,56-61,66-69,71-80,84-87,105-106,111-112,114-119H,3-34,39-44H2,1-2H3,(H,90,120)(H,91,121)(H,94,109)(H,95,110)(H2,92,96,107,123)(H2,93,97,108,124)/t45?,46?,52?,53?,56-,57-,58+,59+,60+,61+,66?,67?,68-,69-,71+,72+,73+,74+,75?,76?,77-,78-,79?,80?,84-,85-,86+,87+/m1/s1. The van der Waals surface area contributed by atoms with Crippen LogP contribution in [-0.2, 0) is 117 Å². The minimum atomic E-state index is -1.84. The van der Waals surface area contributed by atoms with Crippen molar-refractivity contribution < 1.29 is 151 Å². The molecule has 4 aromatic heterocycles. The van der Waals surface area contributed by atoms with Gasteiger partial charge in [-0.25, -0.2) is 19.0 Å². The third-order valence-electron chi connectivity index (χ3n) is 27.6. The fourth-order valence-electron chi connectivity index (χ4n) is 19.6. The Morgan fingerprint density at radius 1 is 0.432 bits per heavy atom. The number of Topliss-reactive ketones (excluding diaryl/α,β-unsaturated/α-hetero) is 1. The summed E-state index contributed by atoms with van der Waals surface area (Å²) in [4.78, 5) is 145. The molecule has 10 fully saturated rings. The van der Waals surface area contributed by atoms with E-state index in [9.17, 15) is 99.0 Å². The second-order valence-corrected chi connectivity index (χ2v) is 37.7. The highest BCUT2D eigenvalue weighted by Crippen LogP contribution is 2.41. The van der Waals surface area contributed by atoms with Gasteiger partial charge in [0.2, 0.25) is 11.8 Å². The summed E-state index contributed by atoms with van der Waals surface area (Å²) in [5, 5.41) is 140. The molecule has 28 atom stereocenters. The highest BCUT2D eigenvalue weighted by Gasteiger charge is 2.56. The molecule has 139 heavy (non-hydrogen) atoms. The van der Waals surface area contributed by atoms with Crippen molar-refractivity contribution in [3.63, 3.8) is 0 Å². The quantitative estimate of drug-likeness (QED) is 0.0184. The van der Waals surface area contributed by atoms with E-state index in [1.807, 2.05) is 9.97 Å². The molecule has 5 saturated carbocycles. The molecule has 14 rings (SSSR count). The normalized spacial score (nSPS) is 32.6. The van der Waals surface area contributed by atoms with Crippen LogP contribution in [0.4, 0.5) is 0 Å². The largest absolute Gasteiger partial charge is 0.394 e. The molecule has 10 aliphatic rings. The van der Waals surface area contributed by atoms with E-state index in [1.54, 1.807) is 4.90 Å². The van der Waals surface area contributed by atoms with E-state index >= 15 is 0 Å². The molecule has 4 aromatic rings.